The van der Waals surface area contributed by atoms with E-state index in [9.17, 15) is 9.90 Å². The highest BCUT2D eigenvalue weighted by atomic mass is 16.5. The molecular weight excluding hydrogens is 208 g/mol. The molecule has 1 N–H and O–H groups in total. The molecule has 0 atom stereocenters. The molecule has 1 aliphatic carbocycles. The summed E-state index contributed by atoms with van der Waals surface area (Å²) in [6, 6.07) is 5.26. The monoisotopic (exact) mass is 222 g/mol. The van der Waals surface area contributed by atoms with Gasteiger partial charge in [0, 0.05) is 5.56 Å². The Morgan fingerprint density at radius 2 is 2.00 bits per heavy atom. The normalized spacial score (nSPS) is 16.6. The Balaban J connectivity index is 2.49. The first kappa shape index (κ1) is 10.8. The third-order valence-electron chi connectivity index (χ3n) is 3.08. The van der Waals surface area contributed by atoms with Crippen LogP contribution in [0.1, 0.15) is 18.4 Å². The summed E-state index contributed by atoms with van der Waals surface area (Å²) >= 11 is 0. The van der Waals surface area contributed by atoms with Gasteiger partial charge in [-0.3, -0.25) is 4.79 Å². The van der Waals surface area contributed by atoms with Crippen LogP contribution in [0.4, 0.5) is 0 Å². The molecule has 0 aliphatic heterocycles. The molecule has 0 unspecified atom stereocenters. The highest BCUT2D eigenvalue weighted by Crippen LogP contribution is 2.52. The van der Waals surface area contributed by atoms with Crippen LogP contribution in [0.3, 0.4) is 0 Å². The summed E-state index contributed by atoms with van der Waals surface area (Å²) in [5.41, 5.74) is -0.0540. The van der Waals surface area contributed by atoms with Crippen LogP contribution in [0.2, 0.25) is 0 Å². The van der Waals surface area contributed by atoms with Gasteiger partial charge in [0.25, 0.3) is 0 Å². The lowest BCUT2D eigenvalue weighted by Gasteiger charge is -2.15. The van der Waals surface area contributed by atoms with Crippen molar-refractivity contribution in [3.05, 3.63) is 23.8 Å². The summed E-state index contributed by atoms with van der Waals surface area (Å²) in [5, 5.41) is 9.24. The Hall–Kier alpha value is -1.71. The van der Waals surface area contributed by atoms with Gasteiger partial charge in [-0.15, -0.1) is 0 Å². The van der Waals surface area contributed by atoms with Crippen molar-refractivity contribution in [3.8, 4) is 11.5 Å². The second kappa shape index (κ2) is 3.70. The molecule has 86 valence electrons. The van der Waals surface area contributed by atoms with E-state index < -0.39 is 11.4 Å². The molecule has 0 radical (unpaired) electrons. The van der Waals surface area contributed by atoms with Gasteiger partial charge in [-0.2, -0.15) is 0 Å². The van der Waals surface area contributed by atoms with Crippen molar-refractivity contribution < 1.29 is 19.4 Å². The molecule has 1 fully saturated rings. The molecule has 2 rings (SSSR count). The minimum atomic E-state index is -0.793. The third kappa shape index (κ3) is 1.50. The van der Waals surface area contributed by atoms with E-state index in [0.29, 0.717) is 29.9 Å². The van der Waals surface area contributed by atoms with E-state index in [1.807, 2.05) is 0 Å². The topological polar surface area (TPSA) is 55.8 Å². The summed E-state index contributed by atoms with van der Waals surface area (Å²) in [4.78, 5) is 11.3. The van der Waals surface area contributed by atoms with Gasteiger partial charge in [0.2, 0.25) is 0 Å². The van der Waals surface area contributed by atoms with E-state index in [0.717, 1.165) is 0 Å². The van der Waals surface area contributed by atoms with Gasteiger partial charge in [0.1, 0.15) is 11.5 Å². The summed E-state index contributed by atoms with van der Waals surface area (Å²) in [5.74, 6) is 0.475. The van der Waals surface area contributed by atoms with Crippen LogP contribution in [0.25, 0.3) is 0 Å². The van der Waals surface area contributed by atoms with E-state index in [1.165, 1.54) is 0 Å². The van der Waals surface area contributed by atoms with Crippen LogP contribution in [-0.4, -0.2) is 25.3 Å². The van der Waals surface area contributed by atoms with Crippen LogP contribution in [0, 0.1) is 0 Å². The Kier molecular flexibility index (Phi) is 2.50. The summed E-state index contributed by atoms with van der Waals surface area (Å²) < 4.78 is 10.3. The smallest absolute Gasteiger partial charge is 0.314 e. The molecule has 0 aromatic heterocycles. The van der Waals surface area contributed by atoms with Crippen molar-refractivity contribution in [2.45, 2.75) is 18.3 Å². The number of hydrogen-bond acceptors (Lipinski definition) is 3. The van der Waals surface area contributed by atoms with Crippen molar-refractivity contribution in [2.75, 3.05) is 14.2 Å². The molecule has 0 saturated heterocycles. The first-order chi connectivity index (χ1) is 7.64. The van der Waals surface area contributed by atoms with Crippen molar-refractivity contribution in [2.24, 2.45) is 0 Å². The summed E-state index contributed by atoms with van der Waals surface area (Å²) in [6.45, 7) is 0. The number of methoxy groups -OCH3 is 2. The first-order valence-corrected chi connectivity index (χ1v) is 5.10. The van der Waals surface area contributed by atoms with Crippen molar-refractivity contribution >= 4 is 5.97 Å². The molecule has 0 bridgehead atoms. The lowest BCUT2D eigenvalue weighted by atomic mass is 9.95. The zero-order valence-electron chi connectivity index (χ0n) is 9.32. The minimum Gasteiger partial charge on any atom is -0.497 e. The molecular formula is C12H14O4. The number of benzene rings is 1. The predicted molar refractivity (Wildman–Crippen MR) is 58.1 cm³/mol. The Morgan fingerprint density at radius 1 is 1.31 bits per heavy atom. The summed E-state index contributed by atoms with van der Waals surface area (Å²) in [6.07, 6.45) is 1.32. The molecule has 0 heterocycles. The molecule has 1 aliphatic rings. The van der Waals surface area contributed by atoms with Crippen LogP contribution >= 0.6 is 0 Å². The zero-order valence-corrected chi connectivity index (χ0v) is 9.32. The number of ether oxygens (including phenoxy) is 2. The molecule has 0 spiro atoms. The second-order valence-corrected chi connectivity index (χ2v) is 3.95. The fourth-order valence-electron chi connectivity index (χ4n) is 1.91. The lowest BCUT2D eigenvalue weighted by molar-refractivity contribution is -0.140. The van der Waals surface area contributed by atoms with Gasteiger partial charge < -0.3 is 14.6 Å². The van der Waals surface area contributed by atoms with Crippen LogP contribution in [-0.2, 0) is 10.2 Å². The number of carbonyl (C=O) groups is 1. The Labute approximate surface area is 93.8 Å². The minimum absolute atomic E-state index is 0.612. The van der Waals surface area contributed by atoms with E-state index in [1.54, 1.807) is 32.4 Å². The fraction of sp³-hybridized carbons (Fsp3) is 0.417. The van der Waals surface area contributed by atoms with E-state index in [2.05, 4.69) is 0 Å². The number of aliphatic carboxylic acids is 1. The molecule has 4 nitrogen and oxygen atoms in total. The average molecular weight is 222 g/mol. The van der Waals surface area contributed by atoms with Crippen molar-refractivity contribution in [3.63, 3.8) is 0 Å². The van der Waals surface area contributed by atoms with Gasteiger partial charge in [-0.05, 0) is 31.0 Å². The highest BCUT2D eigenvalue weighted by Gasteiger charge is 2.53. The maximum atomic E-state index is 11.3. The average Bonchev–Trinajstić information content (AvgIpc) is 3.09. The molecule has 1 saturated carbocycles. The quantitative estimate of drug-likeness (QED) is 0.844. The predicted octanol–water partition coefficient (Wildman–Crippen LogP) is 1.82. The second-order valence-electron chi connectivity index (χ2n) is 3.95. The lowest BCUT2D eigenvalue weighted by Crippen LogP contribution is -2.20. The van der Waals surface area contributed by atoms with Gasteiger partial charge in [-0.1, -0.05) is 0 Å². The highest BCUT2D eigenvalue weighted by molar-refractivity contribution is 5.86. The number of carboxylic acid groups (broad SMARTS) is 1. The van der Waals surface area contributed by atoms with Crippen molar-refractivity contribution in [1.82, 2.24) is 0 Å². The Morgan fingerprint density at radius 3 is 2.44 bits per heavy atom. The fourth-order valence-corrected chi connectivity index (χ4v) is 1.91. The third-order valence-corrected chi connectivity index (χ3v) is 3.08. The van der Waals surface area contributed by atoms with E-state index in [4.69, 9.17) is 9.47 Å². The number of rotatable bonds is 4. The van der Waals surface area contributed by atoms with Gasteiger partial charge in [-0.25, -0.2) is 0 Å². The Bertz CT molecular complexity index is 421. The summed E-state index contributed by atoms with van der Waals surface area (Å²) in [7, 11) is 3.11. The first-order valence-electron chi connectivity index (χ1n) is 5.10. The largest absolute Gasteiger partial charge is 0.497 e. The molecule has 1 aromatic carbocycles. The molecule has 0 amide bonds. The van der Waals surface area contributed by atoms with Gasteiger partial charge in [0.05, 0.1) is 19.6 Å². The van der Waals surface area contributed by atoms with Crippen LogP contribution < -0.4 is 9.47 Å². The number of carboxylic acids is 1. The maximum Gasteiger partial charge on any atom is 0.314 e. The maximum absolute atomic E-state index is 11.3. The number of hydrogen-bond donors (Lipinski definition) is 1. The SMILES string of the molecule is COc1ccc(OC)c(C2(C(=O)O)CC2)c1. The standard InChI is InChI=1S/C12H14O4/c1-15-8-3-4-10(16-2)9(7-8)12(5-6-12)11(13)14/h3-4,7H,5-6H2,1-2H3,(H,13,14). The van der Waals surface area contributed by atoms with Crippen molar-refractivity contribution in [1.29, 1.82) is 0 Å². The van der Waals surface area contributed by atoms with Gasteiger partial charge in [0.15, 0.2) is 0 Å². The van der Waals surface area contributed by atoms with E-state index in [-0.39, 0.29) is 0 Å². The molecule has 4 heteroatoms. The van der Waals surface area contributed by atoms with Gasteiger partial charge >= 0.3 is 5.97 Å². The molecule has 1 aromatic rings. The van der Waals surface area contributed by atoms with Crippen LogP contribution in [0.5, 0.6) is 11.5 Å². The molecule has 16 heavy (non-hydrogen) atoms. The van der Waals surface area contributed by atoms with Crippen LogP contribution in [0.15, 0.2) is 18.2 Å². The van der Waals surface area contributed by atoms with E-state index >= 15 is 0 Å². The zero-order chi connectivity index (χ0) is 11.8.